The van der Waals surface area contributed by atoms with Gasteiger partial charge in [0.15, 0.2) is 5.16 Å². The van der Waals surface area contributed by atoms with Gasteiger partial charge in [-0.3, -0.25) is 9.36 Å². The van der Waals surface area contributed by atoms with E-state index in [1.54, 1.807) is 0 Å². The molecule has 0 fully saturated rings. The van der Waals surface area contributed by atoms with E-state index in [-0.39, 0.29) is 16.5 Å². The van der Waals surface area contributed by atoms with Gasteiger partial charge in [0.2, 0.25) is 0 Å². The van der Waals surface area contributed by atoms with Crippen molar-refractivity contribution in [3.63, 3.8) is 0 Å². The van der Waals surface area contributed by atoms with Crippen molar-refractivity contribution in [1.82, 2.24) is 9.55 Å². The van der Waals surface area contributed by atoms with Crippen LogP contribution in [0.2, 0.25) is 0 Å². The summed E-state index contributed by atoms with van der Waals surface area (Å²) in [6, 6.07) is 4.86. The first-order valence-electron chi connectivity index (χ1n) is 7.94. The lowest BCUT2D eigenvalue weighted by Crippen LogP contribution is -2.24. The minimum atomic E-state index is -4.46. The van der Waals surface area contributed by atoms with Gasteiger partial charge in [0.1, 0.15) is 0 Å². The molecule has 0 bridgehead atoms. The summed E-state index contributed by atoms with van der Waals surface area (Å²) >= 11 is 2.84. The van der Waals surface area contributed by atoms with Crippen LogP contribution in [0, 0.1) is 0 Å². The fourth-order valence-electron chi connectivity index (χ4n) is 2.48. The van der Waals surface area contributed by atoms with Gasteiger partial charge in [0.25, 0.3) is 5.56 Å². The van der Waals surface area contributed by atoms with E-state index in [2.05, 4.69) is 4.98 Å². The van der Waals surface area contributed by atoms with Gasteiger partial charge in [0.05, 0.1) is 21.8 Å². The summed E-state index contributed by atoms with van der Waals surface area (Å²) in [6.45, 7) is 4.03. The van der Waals surface area contributed by atoms with E-state index >= 15 is 0 Å². The third-order valence-electron chi connectivity index (χ3n) is 3.98. The van der Waals surface area contributed by atoms with E-state index in [4.69, 9.17) is 0 Å². The molecular formula is C17H17F3N2OS2. The summed E-state index contributed by atoms with van der Waals surface area (Å²) in [7, 11) is 0. The molecule has 1 aromatic carbocycles. The lowest BCUT2D eigenvalue weighted by Gasteiger charge is -2.17. The average Bonchev–Trinajstić information content (AvgIpc) is 3.03. The molecule has 0 spiro atoms. The number of fused-ring (bicyclic) bond motifs is 1. The molecule has 1 atom stereocenters. The maximum atomic E-state index is 13.1. The normalized spacial score (nSPS) is 15.2. The first-order valence-corrected chi connectivity index (χ1v) is 9.80. The van der Waals surface area contributed by atoms with Crippen LogP contribution in [0.5, 0.6) is 0 Å². The molecule has 0 N–H and O–H groups in total. The van der Waals surface area contributed by atoms with Gasteiger partial charge in [-0.05, 0) is 24.6 Å². The summed E-state index contributed by atoms with van der Waals surface area (Å²) in [4.78, 5) is 18.1. The molecule has 25 heavy (non-hydrogen) atoms. The Morgan fingerprint density at radius 2 is 2.16 bits per heavy atom. The molecule has 1 aliphatic rings. The fourth-order valence-corrected chi connectivity index (χ4v) is 4.50. The van der Waals surface area contributed by atoms with Crippen molar-refractivity contribution in [2.24, 2.45) is 0 Å². The Morgan fingerprint density at radius 3 is 2.84 bits per heavy atom. The molecule has 2 heterocycles. The number of benzene rings is 1. The zero-order chi connectivity index (χ0) is 18.2. The number of hydrogen-bond acceptors (Lipinski definition) is 4. The standard InChI is InChI=1S/C17H17F3N2OS2/c1-3-10(2)25-16-21-13-7-8-24-14(13)15(23)22(16)12-6-4-5-11(9-12)17(18,19)20/h4-6,9-10H,3,7-8H2,1-2H3. The molecule has 0 saturated heterocycles. The van der Waals surface area contributed by atoms with E-state index in [0.717, 1.165) is 30.0 Å². The minimum Gasteiger partial charge on any atom is -0.268 e. The number of nitrogens with zero attached hydrogens (tertiary/aromatic N) is 2. The number of aryl methyl sites for hydroxylation is 1. The molecule has 0 radical (unpaired) electrons. The third kappa shape index (κ3) is 3.74. The van der Waals surface area contributed by atoms with Crippen molar-refractivity contribution in [3.05, 3.63) is 45.9 Å². The summed E-state index contributed by atoms with van der Waals surface area (Å²) in [5.74, 6) is 0.775. The predicted molar refractivity (Wildman–Crippen MR) is 94.9 cm³/mol. The highest BCUT2D eigenvalue weighted by atomic mass is 32.2. The number of thioether (sulfide) groups is 2. The molecule has 2 aromatic rings. The summed E-state index contributed by atoms with van der Waals surface area (Å²) < 4.78 is 40.5. The van der Waals surface area contributed by atoms with Crippen LogP contribution in [0.4, 0.5) is 13.2 Å². The van der Waals surface area contributed by atoms with Gasteiger partial charge in [0, 0.05) is 17.4 Å². The predicted octanol–water partition coefficient (Wildman–Crippen LogP) is 4.79. The Morgan fingerprint density at radius 1 is 1.40 bits per heavy atom. The van der Waals surface area contributed by atoms with Crippen LogP contribution in [-0.4, -0.2) is 20.6 Å². The molecule has 8 heteroatoms. The maximum absolute atomic E-state index is 13.1. The first kappa shape index (κ1) is 18.4. The van der Waals surface area contributed by atoms with Crippen LogP contribution >= 0.6 is 23.5 Å². The number of aromatic nitrogens is 2. The Labute approximate surface area is 152 Å². The van der Waals surface area contributed by atoms with Gasteiger partial charge >= 0.3 is 6.18 Å². The highest BCUT2D eigenvalue weighted by molar-refractivity contribution is 8.00. The summed E-state index contributed by atoms with van der Waals surface area (Å²) in [6.07, 6.45) is -2.87. The van der Waals surface area contributed by atoms with Gasteiger partial charge in [-0.25, -0.2) is 4.98 Å². The zero-order valence-electron chi connectivity index (χ0n) is 13.8. The molecule has 134 valence electrons. The molecule has 1 aromatic heterocycles. The molecule has 0 saturated carbocycles. The van der Waals surface area contributed by atoms with Crippen molar-refractivity contribution >= 4 is 23.5 Å². The first-order chi connectivity index (χ1) is 11.8. The number of hydrogen-bond donors (Lipinski definition) is 0. The Balaban J connectivity index is 2.19. The lowest BCUT2D eigenvalue weighted by molar-refractivity contribution is -0.137. The molecule has 3 rings (SSSR count). The van der Waals surface area contributed by atoms with Crippen LogP contribution in [0.3, 0.4) is 0 Å². The third-order valence-corrected chi connectivity index (χ3v) is 6.31. The Kier molecular flexibility index (Phi) is 5.20. The van der Waals surface area contributed by atoms with Crippen LogP contribution in [0.25, 0.3) is 5.69 Å². The number of rotatable bonds is 4. The highest BCUT2D eigenvalue weighted by Crippen LogP contribution is 2.34. The SMILES string of the molecule is CCC(C)Sc1nc2c(c(=O)n1-c1cccc(C(F)(F)F)c1)SCC2. The van der Waals surface area contributed by atoms with Gasteiger partial charge < -0.3 is 0 Å². The molecule has 3 nitrogen and oxygen atoms in total. The van der Waals surface area contributed by atoms with Gasteiger partial charge in [-0.2, -0.15) is 13.2 Å². The van der Waals surface area contributed by atoms with Crippen molar-refractivity contribution in [2.75, 3.05) is 5.75 Å². The fraction of sp³-hybridized carbons (Fsp3) is 0.412. The van der Waals surface area contributed by atoms with E-state index < -0.39 is 11.7 Å². The van der Waals surface area contributed by atoms with Crippen LogP contribution in [0.1, 0.15) is 31.5 Å². The Hall–Kier alpha value is -1.41. The number of alkyl halides is 3. The van der Waals surface area contributed by atoms with Crippen molar-refractivity contribution < 1.29 is 13.2 Å². The van der Waals surface area contributed by atoms with Gasteiger partial charge in [-0.15, -0.1) is 11.8 Å². The van der Waals surface area contributed by atoms with E-state index in [1.807, 2.05) is 13.8 Å². The van der Waals surface area contributed by atoms with E-state index in [0.29, 0.717) is 16.5 Å². The quantitative estimate of drug-likeness (QED) is 0.559. The summed E-state index contributed by atoms with van der Waals surface area (Å²) in [5.41, 5.74) is -0.0976. The molecule has 1 aliphatic heterocycles. The second-order valence-electron chi connectivity index (χ2n) is 5.79. The molecule has 1 unspecified atom stereocenters. The largest absolute Gasteiger partial charge is 0.416 e. The molecular weight excluding hydrogens is 369 g/mol. The Bertz CT molecular complexity index is 849. The molecule has 0 aliphatic carbocycles. The average molecular weight is 386 g/mol. The maximum Gasteiger partial charge on any atom is 0.416 e. The van der Waals surface area contributed by atoms with Crippen molar-refractivity contribution in [1.29, 1.82) is 0 Å². The topological polar surface area (TPSA) is 34.9 Å². The number of halogens is 3. The lowest BCUT2D eigenvalue weighted by atomic mass is 10.2. The van der Waals surface area contributed by atoms with E-state index in [1.165, 1.54) is 40.2 Å². The van der Waals surface area contributed by atoms with Crippen LogP contribution in [0.15, 0.2) is 39.1 Å². The van der Waals surface area contributed by atoms with Gasteiger partial charge in [-0.1, -0.05) is 31.7 Å². The monoisotopic (exact) mass is 386 g/mol. The second kappa shape index (κ2) is 7.07. The smallest absolute Gasteiger partial charge is 0.268 e. The van der Waals surface area contributed by atoms with Crippen molar-refractivity contribution in [2.45, 2.75) is 48.2 Å². The van der Waals surface area contributed by atoms with Crippen LogP contribution in [-0.2, 0) is 12.6 Å². The van der Waals surface area contributed by atoms with Crippen molar-refractivity contribution in [3.8, 4) is 5.69 Å². The molecule has 0 amide bonds. The summed E-state index contributed by atoms with van der Waals surface area (Å²) in [5, 5.41) is 0.663. The minimum absolute atomic E-state index is 0.202. The second-order valence-corrected chi connectivity index (χ2v) is 8.30. The zero-order valence-corrected chi connectivity index (χ0v) is 15.4. The van der Waals surface area contributed by atoms with E-state index in [9.17, 15) is 18.0 Å². The van der Waals surface area contributed by atoms with Crippen LogP contribution < -0.4 is 5.56 Å². The highest BCUT2D eigenvalue weighted by Gasteiger charge is 2.31.